The van der Waals surface area contributed by atoms with Gasteiger partial charge >= 0.3 is 6.18 Å². The second-order valence-electron chi connectivity index (χ2n) is 5.12. The number of rotatable bonds is 7. The third kappa shape index (κ3) is 8.39. The van der Waals surface area contributed by atoms with Gasteiger partial charge in [-0.05, 0) is 25.1 Å². The molecular weight excluding hydrogens is 312 g/mol. The Kier molecular flexibility index (Phi) is 7.80. The molecule has 1 aromatic carbocycles. The Morgan fingerprint density at radius 3 is 2.43 bits per heavy atom. The molecule has 0 spiro atoms. The highest BCUT2D eigenvalue weighted by atomic mass is 19.4. The topological polar surface area (TPSA) is 39.7 Å². The molecule has 0 unspecified atom stereocenters. The molecule has 0 aromatic heterocycles. The summed E-state index contributed by atoms with van der Waals surface area (Å²) in [6, 6.07) is 6.50. The molecule has 2 N–H and O–H groups in total. The summed E-state index contributed by atoms with van der Waals surface area (Å²) in [6.45, 7) is 0.0759. The molecule has 0 heterocycles. The van der Waals surface area contributed by atoms with Gasteiger partial charge in [-0.15, -0.1) is 0 Å². The monoisotopic (exact) mass is 334 g/mol. The molecule has 0 saturated heterocycles. The van der Waals surface area contributed by atoms with Gasteiger partial charge in [-0.25, -0.2) is 4.39 Å². The quantitative estimate of drug-likeness (QED) is 0.455. The Morgan fingerprint density at radius 1 is 1.17 bits per heavy atom. The Hall–Kier alpha value is -1.83. The van der Waals surface area contributed by atoms with Crippen molar-refractivity contribution in [3.63, 3.8) is 0 Å². The lowest BCUT2D eigenvalue weighted by atomic mass is 10.1. The second-order valence-corrected chi connectivity index (χ2v) is 5.12. The number of hydrogen-bond acceptors (Lipinski definition) is 2. The van der Waals surface area contributed by atoms with E-state index in [1.807, 2.05) is 0 Å². The zero-order valence-corrected chi connectivity index (χ0v) is 13.3. The molecule has 0 aliphatic carbocycles. The van der Waals surface area contributed by atoms with Crippen LogP contribution in [-0.4, -0.2) is 57.3 Å². The van der Waals surface area contributed by atoms with E-state index >= 15 is 0 Å². The molecule has 1 rings (SSSR count). The fraction of sp³-hybridized carbons (Fsp3) is 0.533. The van der Waals surface area contributed by atoms with Gasteiger partial charge in [-0.2, -0.15) is 13.2 Å². The number of guanidine groups is 1. The number of nitrogens with zero attached hydrogens (tertiary/aromatic N) is 2. The molecule has 0 aliphatic rings. The first-order chi connectivity index (χ1) is 10.8. The summed E-state index contributed by atoms with van der Waals surface area (Å²) in [6.07, 6.45) is -3.71. The van der Waals surface area contributed by atoms with Crippen LogP contribution >= 0.6 is 0 Å². The molecule has 0 fully saturated rings. The van der Waals surface area contributed by atoms with Crippen molar-refractivity contribution in [1.29, 1.82) is 0 Å². The molecule has 130 valence electrons. The van der Waals surface area contributed by atoms with Crippen LogP contribution < -0.4 is 10.6 Å². The van der Waals surface area contributed by atoms with Gasteiger partial charge in [-0.1, -0.05) is 18.2 Å². The number of aliphatic imine (C=N–C) groups is 1. The maximum Gasteiger partial charge on any atom is 0.401 e. The van der Waals surface area contributed by atoms with Gasteiger partial charge < -0.3 is 10.6 Å². The van der Waals surface area contributed by atoms with E-state index in [2.05, 4.69) is 15.6 Å². The molecular formula is C15H22F4N4. The van der Waals surface area contributed by atoms with Crippen molar-refractivity contribution in [3.8, 4) is 0 Å². The summed E-state index contributed by atoms with van der Waals surface area (Å²) in [5.74, 6) is 0.216. The van der Waals surface area contributed by atoms with Gasteiger partial charge in [0, 0.05) is 26.7 Å². The lowest BCUT2D eigenvalue weighted by molar-refractivity contribution is -0.142. The van der Waals surface area contributed by atoms with Gasteiger partial charge in [0.25, 0.3) is 0 Å². The fourth-order valence-electron chi connectivity index (χ4n) is 1.99. The van der Waals surface area contributed by atoms with Crippen molar-refractivity contribution in [2.75, 3.05) is 40.3 Å². The smallest absolute Gasteiger partial charge is 0.356 e. The summed E-state index contributed by atoms with van der Waals surface area (Å²) >= 11 is 0. The van der Waals surface area contributed by atoms with Crippen LogP contribution in [0.3, 0.4) is 0 Å². The highest BCUT2D eigenvalue weighted by molar-refractivity contribution is 5.79. The standard InChI is InChI=1S/C15H22F4N4/c1-20-14(22-9-10-23(2)11-15(17,18)19)21-8-7-12-5-3-4-6-13(12)16/h3-6H,7-11H2,1-2H3,(H2,20,21,22). The highest BCUT2D eigenvalue weighted by Crippen LogP contribution is 2.14. The summed E-state index contributed by atoms with van der Waals surface area (Å²) < 4.78 is 50.0. The third-order valence-electron chi connectivity index (χ3n) is 3.10. The Labute approximate surface area is 133 Å². The maximum atomic E-state index is 13.5. The zero-order chi connectivity index (χ0) is 17.3. The zero-order valence-electron chi connectivity index (χ0n) is 13.3. The largest absolute Gasteiger partial charge is 0.401 e. The number of likely N-dealkylation sites (N-methyl/N-ethyl adjacent to an activating group) is 1. The lowest BCUT2D eigenvalue weighted by Crippen LogP contribution is -2.43. The van der Waals surface area contributed by atoms with Gasteiger partial charge in [0.15, 0.2) is 5.96 Å². The minimum atomic E-state index is -4.20. The van der Waals surface area contributed by atoms with E-state index in [4.69, 9.17) is 0 Å². The van der Waals surface area contributed by atoms with Crippen molar-refractivity contribution < 1.29 is 17.6 Å². The molecule has 23 heavy (non-hydrogen) atoms. The maximum absolute atomic E-state index is 13.5. The molecule has 0 bridgehead atoms. The van der Waals surface area contributed by atoms with E-state index in [9.17, 15) is 17.6 Å². The van der Waals surface area contributed by atoms with Crippen LogP contribution in [0.2, 0.25) is 0 Å². The van der Waals surface area contributed by atoms with E-state index in [0.717, 1.165) is 0 Å². The van der Waals surface area contributed by atoms with Crippen LogP contribution in [0.15, 0.2) is 29.3 Å². The molecule has 0 amide bonds. The SMILES string of the molecule is CN=C(NCCc1ccccc1F)NCCN(C)CC(F)(F)F. The molecule has 0 atom stereocenters. The third-order valence-corrected chi connectivity index (χ3v) is 3.10. The lowest BCUT2D eigenvalue weighted by Gasteiger charge is -2.19. The highest BCUT2D eigenvalue weighted by Gasteiger charge is 2.28. The molecule has 0 aliphatic heterocycles. The van der Waals surface area contributed by atoms with Crippen LogP contribution in [0, 0.1) is 5.82 Å². The minimum Gasteiger partial charge on any atom is -0.356 e. The predicted molar refractivity (Wildman–Crippen MR) is 83.0 cm³/mol. The second kappa shape index (κ2) is 9.34. The van der Waals surface area contributed by atoms with Gasteiger partial charge in [0.05, 0.1) is 6.54 Å². The van der Waals surface area contributed by atoms with E-state index in [1.54, 1.807) is 25.2 Å². The summed E-state index contributed by atoms with van der Waals surface area (Å²) in [5.41, 5.74) is 0.598. The number of halogens is 4. The van der Waals surface area contributed by atoms with E-state index < -0.39 is 12.7 Å². The van der Waals surface area contributed by atoms with Crippen molar-refractivity contribution in [3.05, 3.63) is 35.6 Å². The molecule has 0 radical (unpaired) electrons. The summed E-state index contributed by atoms with van der Waals surface area (Å²) in [4.78, 5) is 5.15. The Bertz CT molecular complexity index is 502. The number of nitrogens with one attached hydrogen (secondary N) is 2. The van der Waals surface area contributed by atoms with Crippen molar-refractivity contribution >= 4 is 5.96 Å². The van der Waals surface area contributed by atoms with E-state index in [1.165, 1.54) is 18.0 Å². The Morgan fingerprint density at radius 2 is 1.83 bits per heavy atom. The first-order valence-corrected chi connectivity index (χ1v) is 7.25. The molecule has 1 aromatic rings. The van der Waals surface area contributed by atoms with Crippen molar-refractivity contribution in [1.82, 2.24) is 15.5 Å². The predicted octanol–water partition coefficient (Wildman–Crippen LogP) is 2.03. The van der Waals surface area contributed by atoms with Crippen LogP contribution in [0.1, 0.15) is 5.56 Å². The summed E-state index contributed by atoms with van der Waals surface area (Å²) in [5, 5.41) is 5.92. The number of benzene rings is 1. The van der Waals surface area contributed by atoms with E-state index in [-0.39, 0.29) is 12.4 Å². The normalized spacial score (nSPS) is 12.6. The average Bonchev–Trinajstić information content (AvgIpc) is 2.45. The van der Waals surface area contributed by atoms with Gasteiger partial charge in [0.1, 0.15) is 5.82 Å². The molecule has 8 heteroatoms. The first-order valence-electron chi connectivity index (χ1n) is 7.25. The number of hydrogen-bond donors (Lipinski definition) is 2. The van der Waals surface area contributed by atoms with Crippen molar-refractivity contribution in [2.45, 2.75) is 12.6 Å². The summed E-state index contributed by atoms with van der Waals surface area (Å²) in [7, 11) is 2.97. The molecule has 4 nitrogen and oxygen atoms in total. The Balaban J connectivity index is 2.26. The first kappa shape index (κ1) is 19.2. The average molecular weight is 334 g/mol. The van der Waals surface area contributed by atoms with Gasteiger partial charge in [-0.3, -0.25) is 9.89 Å². The minimum absolute atomic E-state index is 0.230. The van der Waals surface area contributed by atoms with Crippen LogP contribution in [0.5, 0.6) is 0 Å². The fourth-order valence-corrected chi connectivity index (χ4v) is 1.99. The molecule has 0 saturated carbocycles. The van der Waals surface area contributed by atoms with Crippen LogP contribution in [0.4, 0.5) is 17.6 Å². The number of alkyl halides is 3. The van der Waals surface area contributed by atoms with Crippen molar-refractivity contribution in [2.24, 2.45) is 4.99 Å². The van der Waals surface area contributed by atoms with Gasteiger partial charge in [0.2, 0.25) is 0 Å². The van der Waals surface area contributed by atoms with Crippen LogP contribution in [0.25, 0.3) is 0 Å². The van der Waals surface area contributed by atoms with Crippen LogP contribution in [-0.2, 0) is 6.42 Å². The van der Waals surface area contributed by atoms with E-state index in [0.29, 0.717) is 31.0 Å².